The van der Waals surface area contributed by atoms with Gasteiger partial charge in [0.15, 0.2) is 6.10 Å². The van der Waals surface area contributed by atoms with Gasteiger partial charge in [-0.2, -0.15) is 0 Å². The van der Waals surface area contributed by atoms with Crippen LogP contribution in [0.2, 0.25) is 5.02 Å². The maximum absolute atomic E-state index is 11.3. The van der Waals surface area contributed by atoms with Crippen LogP contribution in [0.15, 0.2) is 22.7 Å². The van der Waals surface area contributed by atoms with Gasteiger partial charge in [-0.3, -0.25) is 10.1 Å². The number of nitrogens with two attached hydrogens (primary N) is 1. The van der Waals surface area contributed by atoms with Crippen molar-refractivity contribution in [1.29, 1.82) is 0 Å². The van der Waals surface area contributed by atoms with E-state index in [-0.39, 0.29) is 0 Å². The fourth-order valence-electron chi connectivity index (χ4n) is 1.04. The van der Waals surface area contributed by atoms with E-state index in [2.05, 4.69) is 15.9 Å². The lowest BCUT2D eigenvalue weighted by Gasteiger charge is -2.14. The Kier molecular flexibility index (Phi) is 4.77. The molecular formula is C10H10BrClN2O3. The van der Waals surface area contributed by atoms with Crippen molar-refractivity contribution >= 4 is 39.5 Å². The number of hydrogen-bond donors (Lipinski definition) is 2. The van der Waals surface area contributed by atoms with Gasteiger partial charge >= 0.3 is 6.03 Å². The summed E-state index contributed by atoms with van der Waals surface area (Å²) in [5.74, 6) is -0.279. The highest BCUT2D eigenvalue weighted by Gasteiger charge is 2.17. The number of carbonyl (C=O) groups excluding carboxylic acids is 2. The maximum atomic E-state index is 11.3. The maximum Gasteiger partial charge on any atom is 0.318 e. The summed E-state index contributed by atoms with van der Waals surface area (Å²) in [6.45, 7) is 1.48. The first-order valence-corrected chi connectivity index (χ1v) is 5.79. The van der Waals surface area contributed by atoms with Crippen molar-refractivity contribution in [3.8, 4) is 5.75 Å². The van der Waals surface area contributed by atoms with E-state index in [1.54, 1.807) is 18.2 Å². The highest BCUT2D eigenvalue weighted by Crippen LogP contribution is 2.28. The Hall–Kier alpha value is -1.27. The van der Waals surface area contributed by atoms with Crippen LogP contribution in [0.25, 0.3) is 0 Å². The molecule has 0 spiro atoms. The quantitative estimate of drug-likeness (QED) is 0.894. The minimum absolute atomic E-state index is 0.349. The predicted molar refractivity (Wildman–Crippen MR) is 67.0 cm³/mol. The standard InChI is InChI=1S/C10H10BrClN2O3/c1-5(9(15)14-10(13)16)17-8-3-2-6(11)4-7(8)12/h2-5H,1H3,(H3,13,14,15,16). The molecule has 92 valence electrons. The number of rotatable bonds is 3. The van der Waals surface area contributed by atoms with E-state index in [1.807, 2.05) is 5.32 Å². The van der Waals surface area contributed by atoms with Gasteiger partial charge in [0.2, 0.25) is 0 Å². The molecule has 0 bridgehead atoms. The molecule has 0 aliphatic carbocycles. The third-order valence-corrected chi connectivity index (χ3v) is 2.60. The van der Waals surface area contributed by atoms with Crippen molar-refractivity contribution < 1.29 is 14.3 Å². The molecule has 17 heavy (non-hydrogen) atoms. The van der Waals surface area contributed by atoms with E-state index in [4.69, 9.17) is 22.1 Å². The molecule has 1 aromatic carbocycles. The number of halogens is 2. The molecule has 0 heterocycles. The number of primary amides is 1. The molecule has 1 aromatic rings. The molecule has 0 saturated heterocycles. The van der Waals surface area contributed by atoms with E-state index in [9.17, 15) is 9.59 Å². The largest absolute Gasteiger partial charge is 0.479 e. The van der Waals surface area contributed by atoms with Crippen LogP contribution >= 0.6 is 27.5 Å². The van der Waals surface area contributed by atoms with Gasteiger partial charge in [0.05, 0.1) is 5.02 Å². The van der Waals surface area contributed by atoms with E-state index in [0.717, 1.165) is 4.47 Å². The van der Waals surface area contributed by atoms with Crippen molar-refractivity contribution in [2.45, 2.75) is 13.0 Å². The summed E-state index contributed by atoms with van der Waals surface area (Å²) in [6.07, 6.45) is -0.874. The smallest absolute Gasteiger partial charge is 0.318 e. The predicted octanol–water partition coefficient (Wildman–Crippen LogP) is 2.06. The summed E-state index contributed by atoms with van der Waals surface area (Å²) in [4.78, 5) is 21.8. The molecule has 1 atom stereocenters. The Morgan fingerprint density at radius 1 is 1.53 bits per heavy atom. The molecule has 0 fully saturated rings. The van der Waals surface area contributed by atoms with Gasteiger partial charge in [-0.1, -0.05) is 27.5 Å². The van der Waals surface area contributed by atoms with E-state index in [0.29, 0.717) is 10.8 Å². The highest BCUT2D eigenvalue weighted by molar-refractivity contribution is 9.10. The van der Waals surface area contributed by atoms with Gasteiger partial charge in [-0.25, -0.2) is 4.79 Å². The highest BCUT2D eigenvalue weighted by atomic mass is 79.9. The first-order chi connectivity index (χ1) is 7.90. The molecule has 0 aromatic heterocycles. The van der Waals surface area contributed by atoms with Gasteiger partial charge < -0.3 is 10.5 Å². The van der Waals surface area contributed by atoms with E-state index < -0.39 is 18.0 Å². The molecule has 3 N–H and O–H groups in total. The molecule has 1 unspecified atom stereocenters. The number of nitrogens with one attached hydrogen (secondary N) is 1. The number of carbonyl (C=O) groups is 2. The Morgan fingerprint density at radius 3 is 2.71 bits per heavy atom. The monoisotopic (exact) mass is 320 g/mol. The lowest BCUT2D eigenvalue weighted by atomic mass is 10.3. The molecule has 0 radical (unpaired) electrons. The fraction of sp³-hybridized carbons (Fsp3) is 0.200. The SMILES string of the molecule is CC(Oc1ccc(Br)cc1Cl)C(=O)NC(N)=O. The van der Waals surface area contributed by atoms with Gasteiger partial charge in [0.25, 0.3) is 5.91 Å². The van der Waals surface area contributed by atoms with Gasteiger partial charge in [-0.05, 0) is 25.1 Å². The second-order valence-electron chi connectivity index (χ2n) is 3.19. The Labute approximate surface area is 111 Å². The second kappa shape index (κ2) is 5.88. The summed E-state index contributed by atoms with van der Waals surface area (Å²) < 4.78 is 6.09. The lowest BCUT2D eigenvalue weighted by Crippen LogP contribution is -2.42. The van der Waals surface area contributed by atoms with E-state index in [1.165, 1.54) is 6.92 Å². The van der Waals surface area contributed by atoms with Gasteiger partial charge in [-0.15, -0.1) is 0 Å². The van der Waals surface area contributed by atoms with Crippen LogP contribution < -0.4 is 15.8 Å². The minimum Gasteiger partial charge on any atom is -0.479 e. The molecule has 5 nitrogen and oxygen atoms in total. The number of urea groups is 1. The van der Waals surface area contributed by atoms with Crippen LogP contribution in [-0.2, 0) is 4.79 Å². The van der Waals surface area contributed by atoms with Crippen LogP contribution in [0.4, 0.5) is 4.79 Å². The molecule has 0 saturated carbocycles. The van der Waals surface area contributed by atoms with Crippen molar-refractivity contribution in [3.05, 3.63) is 27.7 Å². The average molecular weight is 322 g/mol. The molecule has 3 amide bonds. The number of ether oxygens (including phenoxy) is 1. The molecular weight excluding hydrogens is 311 g/mol. The minimum atomic E-state index is -0.924. The van der Waals surface area contributed by atoms with Crippen LogP contribution in [0.5, 0.6) is 5.75 Å². The summed E-state index contributed by atoms with van der Waals surface area (Å²) in [5, 5.41) is 2.28. The number of hydrogen-bond acceptors (Lipinski definition) is 3. The Bertz CT molecular complexity index is 453. The summed E-state index contributed by atoms with van der Waals surface area (Å²) in [7, 11) is 0. The third-order valence-electron chi connectivity index (χ3n) is 1.81. The van der Waals surface area contributed by atoms with Crippen molar-refractivity contribution in [2.75, 3.05) is 0 Å². The zero-order valence-electron chi connectivity index (χ0n) is 8.87. The van der Waals surface area contributed by atoms with Crippen LogP contribution in [0.3, 0.4) is 0 Å². The van der Waals surface area contributed by atoms with Crippen molar-refractivity contribution in [3.63, 3.8) is 0 Å². The zero-order valence-corrected chi connectivity index (χ0v) is 11.2. The first-order valence-electron chi connectivity index (χ1n) is 4.62. The van der Waals surface area contributed by atoms with Crippen molar-refractivity contribution in [1.82, 2.24) is 5.32 Å². The third kappa shape index (κ3) is 4.24. The Balaban J connectivity index is 2.70. The Morgan fingerprint density at radius 2 is 2.18 bits per heavy atom. The van der Waals surface area contributed by atoms with Gasteiger partial charge in [0, 0.05) is 4.47 Å². The average Bonchev–Trinajstić information content (AvgIpc) is 2.21. The topological polar surface area (TPSA) is 81.4 Å². The molecule has 1 rings (SSSR count). The van der Waals surface area contributed by atoms with Crippen LogP contribution in [0.1, 0.15) is 6.92 Å². The lowest BCUT2D eigenvalue weighted by molar-refractivity contribution is -0.126. The molecule has 7 heteroatoms. The van der Waals surface area contributed by atoms with Crippen LogP contribution in [-0.4, -0.2) is 18.0 Å². The number of benzene rings is 1. The molecule has 0 aliphatic heterocycles. The molecule has 0 aliphatic rings. The normalized spacial score (nSPS) is 11.7. The second-order valence-corrected chi connectivity index (χ2v) is 4.51. The van der Waals surface area contributed by atoms with Crippen LogP contribution in [0, 0.1) is 0 Å². The zero-order chi connectivity index (χ0) is 13.0. The summed E-state index contributed by atoms with van der Waals surface area (Å²) in [5.41, 5.74) is 4.82. The van der Waals surface area contributed by atoms with Gasteiger partial charge in [0.1, 0.15) is 5.75 Å². The summed E-state index contributed by atoms with van der Waals surface area (Å²) >= 11 is 9.15. The van der Waals surface area contributed by atoms with E-state index >= 15 is 0 Å². The number of imide groups is 1. The first kappa shape index (κ1) is 13.8. The number of amides is 3. The van der Waals surface area contributed by atoms with Crippen molar-refractivity contribution in [2.24, 2.45) is 5.73 Å². The fourth-order valence-corrected chi connectivity index (χ4v) is 1.76. The summed E-state index contributed by atoms with van der Waals surface area (Å²) in [6, 6.07) is 4.04.